The minimum atomic E-state index is -4.74. The quantitative estimate of drug-likeness (QED) is 0.0582. The minimum Gasteiger partial charge on any atom is -0.394 e. The predicted molar refractivity (Wildman–Crippen MR) is 170 cm³/mol. The zero-order valence-corrected chi connectivity index (χ0v) is 28.0. The van der Waals surface area contributed by atoms with Gasteiger partial charge in [-0.1, -0.05) is 71.4 Å². The van der Waals surface area contributed by atoms with Gasteiger partial charge in [0.25, 0.3) is 0 Å². The molecular weight excluding hydrogens is 614 g/mol. The molecule has 8 nitrogen and oxygen atoms in total. The van der Waals surface area contributed by atoms with Crippen molar-refractivity contribution in [2.45, 2.75) is 104 Å². The van der Waals surface area contributed by atoms with E-state index >= 15 is 0 Å². The number of ketones is 2. The molecule has 1 unspecified atom stereocenters. The van der Waals surface area contributed by atoms with Crippen LogP contribution in [0.2, 0.25) is 5.02 Å². The van der Waals surface area contributed by atoms with Crippen LogP contribution in [-0.4, -0.2) is 65.9 Å². The first kappa shape index (κ1) is 44.0. The van der Waals surface area contributed by atoms with Gasteiger partial charge in [-0.15, -0.1) is 0 Å². The van der Waals surface area contributed by atoms with E-state index in [0.717, 1.165) is 44.1 Å². The van der Waals surface area contributed by atoms with Gasteiger partial charge in [0.05, 0.1) is 17.1 Å². The third kappa shape index (κ3) is 17.2. The molecule has 0 bridgehead atoms. The summed E-state index contributed by atoms with van der Waals surface area (Å²) in [6, 6.07) is 1.70. The van der Waals surface area contributed by atoms with Crippen LogP contribution in [0.25, 0.3) is 0 Å². The van der Waals surface area contributed by atoms with E-state index in [2.05, 4.69) is 17.6 Å². The second-order valence-corrected chi connectivity index (χ2v) is 10.9. The van der Waals surface area contributed by atoms with Crippen LogP contribution in [0, 0.1) is 29.6 Å². The van der Waals surface area contributed by atoms with Gasteiger partial charge in [0.2, 0.25) is 5.78 Å². The Morgan fingerprint density at radius 3 is 2.16 bits per heavy atom. The van der Waals surface area contributed by atoms with Gasteiger partial charge in [0.1, 0.15) is 17.4 Å². The maximum Gasteiger partial charge on any atom is 0.431 e. The maximum atomic E-state index is 14.8. The molecule has 0 aromatic carbocycles. The van der Waals surface area contributed by atoms with Crippen molar-refractivity contribution < 1.29 is 31.9 Å². The van der Waals surface area contributed by atoms with E-state index in [0.29, 0.717) is 23.4 Å². The van der Waals surface area contributed by atoms with E-state index in [4.69, 9.17) is 22.3 Å². The summed E-state index contributed by atoms with van der Waals surface area (Å²) in [5.74, 6) is -0.236. The van der Waals surface area contributed by atoms with Crippen LogP contribution in [0.4, 0.5) is 17.6 Å². The number of rotatable bonds is 12. The third-order valence-electron chi connectivity index (χ3n) is 6.93. The number of aldehydes is 1. The van der Waals surface area contributed by atoms with Gasteiger partial charge in [-0.25, -0.2) is 4.39 Å². The van der Waals surface area contributed by atoms with Crippen molar-refractivity contribution in [2.75, 3.05) is 20.1 Å². The lowest BCUT2D eigenvalue weighted by molar-refractivity contribution is -0.118. The lowest BCUT2D eigenvalue weighted by Crippen LogP contribution is -2.40. The van der Waals surface area contributed by atoms with Crippen LogP contribution in [0.3, 0.4) is 0 Å². The molecule has 13 heteroatoms. The van der Waals surface area contributed by atoms with Gasteiger partial charge < -0.3 is 11.1 Å². The highest BCUT2D eigenvalue weighted by Gasteiger charge is 2.33. The molecule has 1 aliphatic rings. The monoisotopic (exact) mass is 661 g/mol. The van der Waals surface area contributed by atoms with Crippen molar-refractivity contribution in [2.24, 2.45) is 11.7 Å². The molecule has 0 aliphatic heterocycles. The van der Waals surface area contributed by atoms with Crippen LogP contribution in [0.15, 0.2) is 23.7 Å². The summed E-state index contributed by atoms with van der Waals surface area (Å²) in [5, 5.41) is 15.0. The number of Topliss-reactive ketones (excluding diaryl/α,β-unsaturated/α-hetero) is 2. The lowest BCUT2D eigenvalue weighted by Gasteiger charge is -2.29. The smallest absolute Gasteiger partial charge is 0.394 e. The Labute approximate surface area is 269 Å². The summed E-state index contributed by atoms with van der Waals surface area (Å²) in [4.78, 5) is 38.8. The highest BCUT2D eigenvalue weighted by atomic mass is 35.5. The standard InChI is InChI=1S/C17H26ClFN2O.C8H11NO.C5H5F3N2O.C2H6/c1-5-7-8-17(19,6-2)12-21(4)11-15(22)16-13(3)9-20-10-14(16)18;9-6-8(10)7-4-2-1-3-5-7;6-5(7,8)4(10)3(1-9)2-11;1-2/h9-10H,5-8,11-12H2,1-4H3;7H,1-5H2;1-2,9H,10H2;1-2H3/b;;4-3+,9-1?;. The molecule has 3 N–H and O–H groups in total. The van der Waals surface area contributed by atoms with E-state index in [1.807, 2.05) is 20.8 Å². The Bertz CT molecular complexity index is 1120. The predicted octanol–water partition coefficient (Wildman–Crippen LogP) is 7.76. The molecule has 0 saturated heterocycles. The number of nitriles is 1. The summed E-state index contributed by atoms with van der Waals surface area (Å²) in [6.07, 6.45) is 6.67. The lowest BCUT2D eigenvalue weighted by atomic mass is 9.87. The summed E-state index contributed by atoms with van der Waals surface area (Å²) in [7, 11) is 1.78. The molecule has 1 saturated carbocycles. The van der Waals surface area contributed by atoms with E-state index in [1.54, 1.807) is 31.1 Å². The molecule has 45 heavy (non-hydrogen) atoms. The third-order valence-corrected chi connectivity index (χ3v) is 7.22. The molecular formula is C32H48ClF4N5O3. The number of aryl methyl sites for hydroxylation is 1. The summed E-state index contributed by atoms with van der Waals surface area (Å²) < 4.78 is 49.7. The van der Waals surface area contributed by atoms with Gasteiger partial charge in [-0.2, -0.15) is 18.4 Å². The number of alkyl halides is 4. The molecule has 1 aromatic rings. The van der Waals surface area contributed by atoms with Gasteiger partial charge in [-0.05, 0) is 45.2 Å². The van der Waals surface area contributed by atoms with Gasteiger partial charge >= 0.3 is 6.18 Å². The Morgan fingerprint density at radius 1 is 1.18 bits per heavy atom. The molecule has 254 valence electrons. The van der Waals surface area contributed by atoms with E-state index in [9.17, 15) is 31.9 Å². The van der Waals surface area contributed by atoms with Crippen molar-refractivity contribution >= 4 is 35.7 Å². The number of allylic oxidation sites excluding steroid dienone is 2. The number of aromatic nitrogens is 1. The Kier molecular flexibility index (Phi) is 22.7. The number of unbranched alkanes of at least 4 members (excludes halogenated alkanes) is 1. The summed E-state index contributed by atoms with van der Waals surface area (Å²) in [6.45, 7) is 10.1. The zero-order chi connectivity index (χ0) is 35.2. The zero-order valence-electron chi connectivity index (χ0n) is 27.2. The first-order valence-corrected chi connectivity index (χ1v) is 15.5. The fourth-order valence-electron chi connectivity index (χ4n) is 4.41. The number of halogens is 5. The summed E-state index contributed by atoms with van der Waals surface area (Å²) >= 11 is 6.06. The first-order valence-electron chi connectivity index (χ1n) is 15.1. The Hall–Kier alpha value is -3.17. The molecule has 1 aromatic heterocycles. The molecule has 0 amide bonds. The normalized spacial score (nSPS) is 14.8. The van der Waals surface area contributed by atoms with E-state index < -0.39 is 23.1 Å². The van der Waals surface area contributed by atoms with Crippen LogP contribution >= 0.6 is 11.6 Å². The fourth-order valence-corrected chi connectivity index (χ4v) is 4.72. The number of carbonyl (C=O) groups is 3. The molecule has 0 spiro atoms. The van der Waals surface area contributed by atoms with Crippen LogP contribution in [-0.2, 0) is 9.59 Å². The number of carbonyl (C=O) groups excluding carboxylic acids is 3. The van der Waals surface area contributed by atoms with Crippen LogP contribution in [0.5, 0.6) is 0 Å². The van der Waals surface area contributed by atoms with Gasteiger partial charge in [-0.3, -0.25) is 24.3 Å². The SMILES string of the molecule is CC.CCCCC(F)(CC)CN(C)CC(=O)c1c(C)cncc1Cl.N#CC(=O)C1CCCCC1.N=C/C(C=O)=C(\N)C(F)(F)F. The number of nitrogens with zero attached hydrogens (tertiary/aromatic N) is 3. The number of nitrogens with two attached hydrogens (primary N) is 1. The van der Waals surface area contributed by atoms with E-state index in [-0.39, 0.29) is 43.1 Å². The number of hydrogen-bond donors (Lipinski definition) is 2. The van der Waals surface area contributed by atoms with Crippen molar-refractivity contribution in [1.29, 1.82) is 10.7 Å². The molecule has 2 rings (SSSR count). The van der Waals surface area contributed by atoms with Crippen LogP contribution in [0.1, 0.15) is 101 Å². The number of hydrogen-bond acceptors (Lipinski definition) is 8. The topological polar surface area (TPSA) is 141 Å². The number of nitrogens with one attached hydrogen (secondary N) is 1. The summed E-state index contributed by atoms with van der Waals surface area (Å²) in [5.41, 5.74) is 2.08. The molecule has 0 radical (unpaired) electrons. The maximum absolute atomic E-state index is 14.8. The Balaban J connectivity index is 0. The molecule has 1 aliphatic carbocycles. The average molecular weight is 662 g/mol. The van der Waals surface area contributed by atoms with Gasteiger partial charge in [0, 0.05) is 36.6 Å². The fraction of sp³-hybridized carbons (Fsp3) is 0.625. The van der Waals surface area contributed by atoms with Gasteiger partial charge in [0.15, 0.2) is 12.1 Å². The van der Waals surface area contributed by atoms with Crippen molar-refractivity contribution in [3.8, 4) is 6.07 Å². The first-order chi connectivity index (χ1) is 21.1. The Morgan fingerprint density at radius 2 is 1.76 bits per heavy atom. The average Bonchev–Trinajstić information content (AvgIpc) is 3.01. The highest BCUT2D eigenvalue weighted by Crippen LogP contribution is 2.26. The van der Waals surface area contributed by atoms with Crippen molar-refractivity contribution in [1.82, 2.24) is 9.88 Å². The molecule has 1 heterocycles. The second kappa shape index (κ2) is 23.2. The number of pyridine rings is 1. The van der Waals surface area contributed by atoms with E-state index in [1.165, 1.54) is 12.6 Å². The van der Waals surface area contributed by atoms with Crippen molar-refractivity contribution in [3.05, 3.63) is 39.8 Å². The highest BCUT2D eigenvalue weighted by molar-refractivity contribution is 6.34. The molecule has 1 fully saturated rings. The van der Waals surface area contributed by atoms with Crippen molar-refractivity contribution in [3.63, 3.8) is 0 Å². The molecule has 1 atom stereocenters. The van der Waals surface area contributed by atoms with Crippen LogP contribution < -0.4 is 5.73 Å². The largest absolute Gasteiger partial charge is 0.431 e. The second-order valence-electron chi connectivity index (χ2n) is 10.5. The minimum absolute atomic E-state index is 0.0683. The number of likely N-dealkylation sites (N-methyl/N-ethyl adjacent to an activating group) is 1.